The summed E-state index contributed by atoms with van der Waals surface area (Å²) in [6.45, 7) is 4.04. The van der Waals surface area contributed by atoms with E-state index in [1.165, 1.54) is 25.7 Å². The van der Waals surface area contributed by atoms with Gasteiger partial charge in [-0.3, -0.25) is 10.1 Å². The molecule has 0 radical (unpaired) electrons. The molecule has 4 rings (SSSR count). The first kappa shape index (κ1) is 18.4. The lowest BCUT2D eigenvalue weighted by molar-refractivity contribution is -0.517. The van der Waals surface area contributed by atoms with Crippen molar-refractivity contribution in [2.75, 3.05) is 6.61 Å². The van der Waals surface area contributed by atoms with Crippen LogP contribution in [0.4, 0.5) is 0 Å². The van der Waals surface area contributed by atoms with Crippen LogP contribution < -0.4 is 0 Å². The molecule has 0 aromatic carbocycles. The maximum absolute atomic E-state index is 12.0. The molecular formula is C21H33NO4. The van der Waals surface area contributed by atoms with E-state index in [-0.39, 0.29) is 27.6 Å². The van der Waals surface area contributed by atoms with Gasteiger partial charge >= 0.3 is 0 Å². The van der Waals surface area contributed by atoms with Gasteiger partial charge in [-0.1, -0.05) is 32.8 Å². The van der Waals surface area contributed by atoms with Gasteiger partial charge < -0.3 is 10.2 Å². The molecular weight excluding hydrogens is 330 g/mol. The van der Waals surface area contributed by atoms with Crippen LogP contribution >= 0.6 is 0 Å². The smallest absolute Gasteiger partial charge is 0.257 e. The van der Waals surface area contributed by atoms with Crippen molar-refractivity contribution >= 4 is 0 Å². The van der Waals surface area contributed by atoms with Gasteiger partial charge in [0.05, 0.1) is 5.60 Å². The van der Waals surface area contributed by atoms with Crippen molar-refractivity contribution in [2.24, 2.45) is 28.6 Å². The molecule has 0 bridgehead atoms. The van der Waals surface area contributed by atoms with E-state index in [1.54, 1.807) is 0 Å². The average Bonchev–Trinajstić information content (AvgIpc) is 2.93. The fourth-order valence-corrected chi connectivity index (χ4v) is 7.63. The van der Waals surface area contributed by atoms with E-state index in [2.05, 4.69) is 13.8 Å². The molecule has 0 heterocycles. The number of hydrogen-bond donors (Lipinski definition) is 2. The molecule has 26 heavy (non-hydrogen) atoms. The summed E-state index contributed by atoms with van der Waals surface area (Å²) >= 11 is 0. The minimum Gasteiger partial charge on any atom is -0.389 e. The van der Waals surface area contributed by atoms with E-state index in [0.29, 0.717) is 5.92 Å². The van der Waals surface area contributed by atoms with Gasteiger partial charge in [0.2, 0.25) is 0 Å². The molecule has 0 saturated heterocycles. The van der Waals surface area contributed by atoms with Crippen LogP contribution in [0.25, 0.3) is 0 Å². The third-order valence-electron chi connectivity index (χ3n) is 9.20. The lowest BCUT2D eigenvalue weighted by Crippen LogP contribution is -2.65. The molecule has 2 N–H and O–H groups in total. The zero-order valence-corrected chi connectivity index (χ0v) is 16.1. The second-order valence-corrected chi connectivity index (χ2v) is 9.87. The molecule has 7 atom stereocenters. The Hall–Kier alpha value is -0.940. The highest BCUT2D eigenvalue weighted by atomic mass is 16.6. The first-order valence-corrected chi connectivity index (χ1v) is 10.5. The molecule has 3 fully saturated rings. The molecule has 146 valence electrons. The summed E-state index contributed by atoms with van der Waals surface area (Å²) in [7, 11) is 0. The van der Waals surface area contributed by atoms with Gasteiger partial charge in [0.1, 0.15) is 6.61 Å². The van der Waals surface area contributed by atoms with Crippen molar-refractivity contribution in [3.63, 3.8) is 0 Å². The summed E-state index contributed by atoms with van der Waals surface area (Å²) in [5.74, 6) is 1.12. The second kappa shape index (κ2) is 6.03. The van der Waals surface area contributed by atoms with Gasteiger partial charge in [0.15, 0.2) is 0 Å². The van der Waals surface area contributed by atoms with Crippen molar-refractivity contribution in [1.82, 2.24) is 0 Å². The molecule has 0 aromatic heterocycles. The average molecular weight is 363 g/mol. The van der Waals surface area contributed by atoms with Crippen molar-refractivity contribution in [1.29, 1.82) is 0 Å². The molecule has 0 aliphatic heterocycles. The molecule has 3 saturated carbocycles. The molecule has 0 aromatic rings. The highest BCUT2D eigenvalue weighted by Crippen LogP contribution is 2.68. The zero-order chi connectivity index (χ0) is 18.7. The van der Waals surface area contributed by atoms with Gasteiger partial charge in [-0.05, 0) is 73.5 Å². The number of nitro groups is 1. The topological polar surface area (TPSA) is 83.6 Å². The molecule has 5 nitrogen and oxygen atoms in total. The number of nitrogens with zero attached hydrogens (tertiary/aromatic N) is 1. The van der Waals surface area contributed by atoms with Gasteiger partial charge in [0, 0.05) is 10.5 Å². The van der Waals surface area contributed by atoms with E-state index in [0.717, 1.165) is 37.7 Å². The van der Waals surface area contributed by atoms with Crippen molar-refractivity contribution in [2.45, 2.75) is 83.3 Å². The molecule has 2 unspecified atom stereocenters. The van der Waals surface area contributed by atoms with Crippen molar-refractivity contribution in [3.05, 3.63) is 21.8 Å². The Balaban J connectivity index is 1.67. The largest absolute Gasteiger partial charge is 0.389 e. The van der Waals surface area contributed by atoms with E-state index < -0.39 is 18.2 Å². The van der Waals surface area contributed by atoms with E-state index in [1.807, 2.05) is 6.08 Å². The summed E-state index contributed by atoms with van der Waals surface area (Å²) in [5.41, 5.74) is -0.0759. The summed E-state index contributed by atoms with van der Waals surface area (Å²) in [5, 5.41) is 33.1. The quantitative estimate of drug-likeness (QED) is 0.455. The number of aliphatic hydroxyl groups is 2. The lowest BCUT2D eigenvalue weighted by Gasteiger charge is -2.64. The highest BCUT2D eigenvalue weighted by molar-refractivity contribution is 5.30. The standard InChI is InChI=1S/C21H33NO4/c1-19-11-12-21(24)16(7-6-14-5-3-4-10-20(14,21)2)15(19)8-9-17(19)18(13-23)22(25)26/h9,14-16,18,23-24H,3-8,10-13H2,1-2H3/t14?,15-,16-,18?,19-,20-,21+/m0/s1. The Labute approximate surface area is 156 Å². The molecule has 0 spiro atoms. The first-order valence-electron chi connectivity index (χ1n) is 10.5. The second-order valence-electron chi connectivity index (χ2n) is 9.87. The van der Waals surface area contributed by atoms with Crippen molar-refractivity contribution < 1.29 is 15.1 Å². The number of rotatable bonds is 3. The Bertz CT molecular complexity index is 634. The SMILES string of the molecule is C[C@]12CCCCC1CC[C@H]1[C@@H]3CC=C(C(CO)[N+](=O)[O-])[C@@]3(C)CC[C@@]12O. The lowest BCUT2D eigenvalue weighted by atomic mass is 9.42. The van der Waals surface area contributed by atoms with Crippen LogP contribution in [0.1, 0.15) is 71.6 Å². The molecule has 0 amide bonds. The Morgan fingerprint density at radius 1 is 1.19 bits per heavy atom. The predicted octanol–water partition coefficient (Wildman–Crippen LogP) is 3.71. The minimum absolute atomic E-state index is 0.00225. The number of hydrogen-bond acceptors (Lipinski definition) is 4. The van der Waals surface area contributed by atoms with Gasteiger partial charge in [-0.25, -0.2) is 0 Å². The number of aliphatic hydroxyl groups excluding tert-OH is 1. The fraction of sp³-hybridized carbons (Fsp3) is 0.905. The van der Waals surface area contributed by atoms with E-state index in [9.17, 15) is 20.3 Å². The Morgan fingerprint density at radius 2 is 1.96 bits per heavy atom. The van der Waals surface area contributed by atoms with Crippen LogP contribution in [0, 0.1) is 38.7 Å². The Kier molecular flexibility index (Phi) is 4.27. The van der Waals surface area contributed by atoms with Gasteiger partial charge in [-0.15, -0.1) is 0 Å². The monoisotopic (exact) mass is 363 g/mol. The van der Waals surface area contributed by atoms with E-state index in [4.69, 9.17) is 0 Å². The normalized spacial score (nSPS) is 48.8. The number of fused-ring (bicyclic) bond motifs is 5. The highest BCUT2D eigenvalue weighted by Gasteiger charge is 2.66. The fourth-order valence-electron chi connectivity index (χ4n) is 7.63. The summed E-state index contributed by atoms with van der Waals surface area (Å²) in [6.07, 6.45) is 11.4. The third-order valence-corrected chi connectivity index (χ3v) is 9.20. The molecule has 4 aliphatic carbocycles. The first-order chi connectivity index (χ1) is 12.3. The molecule has 4 aliphatic rings. The molecule has 5 heteroatoms. The minimum atomic E-state index is -0.988. The van der Waals surface area contributed by atoms with Crippen LogP contribution in [0.3, 0.4) is 0 Å². The van der Waals surface area contributed by atoms with Crippen LogP contribution in [0.5, 0.6) is 0 Å². The summed E-state index contributed by atoms with van der Waals surface area (Å²) in [4.78, 5) is 11.1. The Morgan fingerprint density at radius 3 is 2.65 bits per heavy atom. The number of allylic oxidation sites excluding steroid dienone is 1. The summed E-state index contributed by atoms with van der Waals surface area (Å²) < 4.78 is 0. The van der Waals surface area contributed by atoms with E-state index >= 15 is 0 Å². The van der Waals surface area contributed by atoms with Crippen molar-refractivity contribution in [3.8, 4) is 0 Å². The summed E-state index contributed by atoms with van der Waals surface area (Å²) in [6, 6.07) is -0.988. The predicted molar refractivity (Wildman–Crippen MR) is 99.1 cm³/mol. The van der Waals surface area contributed by atoms with Gasteiger partial charge in [-0.2, -0.15) is 0 Å². The maximum atomic E-state index is 12.0. The zero-order valence-electron chi connectivity index (χ0n) is 16.1. The van der Waals surface area contributed by atoms with Crippen LogP contribution in [0.2, 0.25) is 0 Å². The van der Waals surface area contributed by atoms with Gasteiger partial charge in [0.25, 0.3) is 6.04 Å². The van der Waals surface area contributed by atoms with Crippen LogP contribution in [-0.4, -0.2) is 33.4 Å². The van der Waals surface area contributed by atoms with Crippen LogP contribution in [-0.2, 0) is 0 Å². The van der Waals surface area contributed by atoms with Crippen LogP contribution in [0.15, 0.2) is 11.6 Å². The third kappa shape index (κ3) is 2.22. The maximum Gasteiger partial charge on any atom is 0.257 e.